The fourth-order valence-electron chi connectivity index (χ4n) is 7.79. The second-order valence-corrected chi connectivity index (χ2v) is 14.3. The van der Waals surface area contributed by atoms with Crippen molar-refractivity contribution >= 4 is 45.8 Å². The van der Waals surface area contributed by atoms with E-state index < -0.39 is 0 Å². The molecule has 0 N–H and O–H groups in total. The van der Waals surface area contributed by atoms with E-state index in [0.717, 1.165) is 106 Å². The molecule has 0 amide bonds. The van der Waals surface area contributed by atoms with Gasteiger partial charge in [0.1, 0.15) is 35.9 Å². The average molecular weight is 735 g/mol. The van der Waals surface area contributed by atoms with Gasteiger partial charge in [-0.05, 0) is 93.8 Å². The van der Waals surface area contributed by atoms with Crippen LogP contribution in [0.25, 0.3) is 57.0 Å². The number of imidazole rings is 2. The van der Waals surface area contributed by atoms with Crippen LogP contribution in [-0.4, -0.2) is 19.1 Å². The van der Waals surface area contributed by atoms with Gasteiger partial charge >= 0.3 is 0 Å². The lowest BCUT2D eigenvalue weighted by Crippen LogP contribution is -2.04. The molecule has 0 spiro atoms. The molecule has 0 saturated carbocycles. The van der Waals surface area contributed by atoms with Crippen LogP contribution in [0.4, 0.5) is 0 Å². The summed E-state index contributed by atoms with van der Waals surface area (Å²) < 4.78 is 3.76. The highest BCUT2D eigenvalue weighted by molar-refractivity contribution is 6.11. The molecule has 278 valence electrons. The highest BCUT2D eigenvalue weighted by Gasteiger charge is 2.19. The maximum Gasteiger partial charge on any atom is 0.177 e. The van der Waals surface area contributed by atoms with Gasteiger partial charge in [0, 0.05) is 13.1 Å². The molecular formula is C48H46N8. The number of rotatable bonds is 15. The Morgan fingerprint density at radius 1 is 0.518 bits per heavy atom. The number of aryl methyl sites for hydroxylation is 2. The summed E-state index contributed by atoms with van der Waals surface area (Å²) in [6, 6.07) is 29.9. The summed E-state index contributed by atoms with van der Waals surface area (Å²) in [5.41, 5.74) is 7.57. The Labute approximate surface area is 329 Å². The molecule has 0 aliphatic heterocycles. The minimum Gasteiger partial charge on any atom is -0.315 e. The number of aromatic nitrogens is 4. The van der Waals surface area contributed by atoms with Crippen LogP contribution in [0.5, 0.6) is 0 Å². The van der Waals surface area contributed by atoms with Crippen LogP contribution in [0.1, 0.15) is 122 Å². The molecule has 0 aliphatic rings. The molecule has 0 radical (unpaired) electrons. The lowest BCUT2D eigenvalue weighted by atomic mass is 9.85. The Bertz CT molecular complexity index is 2460. The number of hydrogen-bond donors (Lipinski definition) is 0. The van der Waals surface area contributed by atoms with Crippen LogP contribution >= 0.6 is 0 Å². The first-order chi connectivity index (χ1) is 27.4. The number of benzene rings is 4. The van der Waals surface area contributed by atoms with Crippen molar-refractivity contribution in [3.63, 3.8) is 0 Å². The molecule has 4 aromatic carbocycles. The van der Waals surface area contributed by atoms with Crippen molar-refractivity contribution < 1.29 is 0 Å². The second-order valence-electron chi connectivity index (χ2n) is 14.3. The Balaban J connectivity index is 1.43. The van der Waals surface area contributed by atoms with Crippen LogP contribution in [0.3, 0.4) is 0 Å². The number of hydrogen-bond acceptors (Lipinski definition) is 6. The Hall–Kier alpha value is -6.74. The lowest BCUT2D eigenvalue weighted by molar-refractivity contribution is 0.576. The number of fused-ring (bicyclic) bond motifs is 2. The van der Waals surface area contributed by atoms with Crippen LogP contribution < -0.4 is 0 Å². The Morgan fingerprint density at radius 3 is 1.27 bits per heavy atom. The van der Waals surface area contributed by atoms with Gasteiger partial charge in [0.15, 0.2) is 22.8 Å². The predicted molar refractivity (Wildman–Crippen MR) is 226 cm³/mol. The summed E-state index contributed by atoms with van der Waals surface area (Å²) in [5, 5.41) is 43.8. The molecule has 8 heteroatoms. The summed E-state index contributed by atoms with van der Waals surface area (Å²) in [6.45, 7) is 9.91. The van der Waals surface area contributed by atoms with Gasteiger partial charge in [0.05, 0.1) is 0 Å². The van der Waals surface area contributed by atoms with Crippen molar-refractivity contribution in [3.8, 4) is 35.4 Å². The predicted octanol–water partition coefficient (Wildman–Crippen LogP) is 11.7. The number of nitrogens with zero attached hydrogens (tertiary/aromatic N) is 8. The highest BCUT2D eigenvalue weighted by Crippen LogP contribution is 2.41. The van der Waals surface area contributed by atoms with Gasteiger partial charge in [-0.1, -0.05) is 125 Å². The lowest BCUT2D eigenvalue weighted by Gasteiger charge is -2.19. The molecule has 0 saturated heterocycles. The average Bonchev–Trinajstić information content (AvgIpc) is 3.75. The van der Waals surface area contributed by atoms with E-state index in [-0.39, 0.29) is 11.4 Å². The highest BCUT2D eigenvalue weighted by atomic mass is 15.1. The fraction of sp³-hybridized carbons (Fsp3) is 0.292. The van der Waals surface area contributed by atoms with Crippen LogP contribution in [0.15, 0.2) is 60.7 Å². The normalized spacial score (nSPS) is 11.4. The first-order valence-corrected chi connectivity index (χ1v) is 19.6. The molecule has 56 heavy (non-hydrogen) atoms. The summed E-state index contributed by atoms with van der Waals surface area (Å²) in [5.74, 6) is 1.22. The zero-order chi connectivity index (χ0) is 39.6. The summed E-state index contributed by atoms with van der Waals surface area (Å²) in [4.78, 5) is 9.12. The van der Waals surface area contributed by atoms with E-state index in [1.54, 1.807) is 0 Å². The largest absolute Gasteiger partial charge is 0.315 e. The van der Waals surface area contributed by atoms with Gasteiger partial charge in [-0.25, -0.2) is 9.97 Å². The maximum absolute atomic E-state index is 9.91. The monoisotopic (exact) mass is 734 g/mol. The summed E-state index contributed by atoms with van der Waals surface area (Å²) in [7, 11) is 0. The first-order valence-electron chi connectivity index (χ1n) is 19.6. The van der Waals surface area contributed by atoms with E-state index in [4.69, 9.17) is 0 Å². The van der Waals surface area contributed by atoms with Crippen LogP contribution in [-0.2, 0) is 13.1 Å². The molecule has 2 aromatic heterocycles. The molecule has 0 bridgehead atoms. The Kier molecular flexibility index (Phi) is 12.6. The standard InChI is InChI=1S/C48H46N8/c1-5-7-9-15-25-55-43(31-51)41(29-49)53-45(55)23-21-35-27-33(3)47(39-19-13-11-17-37(35)39)48-34(4)28-36(38-18-12-14-20-40(38)48)22-24-46-54-42(30-50)44(32-52)56(46)26-16-10-8-6-2/h11-14,17-24,27-28H,5-10,15-16,25-26H2,1-4H3/b23-21+,24-22+. The zero-order valence-electron chi connectivity index (χ0n) is 32.7. The van der Waals surface area contributed by atoms with Crippen molar-refractivity contribution in [1.82, 2.24) is 19.1 Å². The van der Waals surface area contributed by atoms with Crippen molar-refractivity contribution in [2.75, 3.05) is 0 Å². The molecule has 0 unspecified atom stereocenters. The van der Waals surface area contributed by atoms with Crippen LogP contribution in [0, 0.1) is 59.2 Å². The molecule has 0 aliphatic carbocycles. The molecule has 6 aromatic rings. The van der Waals surface area contributed by atoms with E-state index >= 15 is 0 Å². The first kappa shape index (κ1) is 39.0. The third-order valence-corrected chi connectivity index (χ3v) is 10.5. The molecule has 0 atom stereocenters. The van der Waals surface area contributed by atoms with E-state index in [2.05, 4.69) is 123 Å². The fourth-order valence-corrected chi connectivity index (χ4v) is 7.79. The SMILES string of the molecule is CCCCCCn1c(/C=C/c2cc(C)c(-c3c(C)cc(/C=C/c4nc(C#N)c(C#N)n4CCCCCC)c4ccccc34)c3ccccc23)nc(C#N)c1C#N. The van der Waals surface area contributed by atoms with Gasteiger partial charge in [0.2, 0.25) is 0 Å². The third-order valence-electron chi connectivity index (χ3n) is 10.5. The van der Waals surface area contributed by atoms with Gasteiger partial charge in [0.25, 0.3) is 0 Å². The maximum atomic E-state index is 9.91. The summed E-state index contributed by atoms with van der Waals surface area (Å²) >= 11 is 0. The molecular weight excluding hydrogens is 689 g/mol. The minimum atomic E-state index is 0.158. The molecule has 0 fully saturated rings. The second kappa shape index (κ2) is 18.1. The summed E-state index contributed by atoms with van der Waals surface area (Å²) in [6.07, 6.45) is 16.4. The minimum absolute atomic E-state index is 0.158. The van der Waals surface area contributed by atoms with Crippen molar-refractivity contribution in [3.05, 3.63) is 117 Å². The molecule has 8 nitrogen and oxygen atoms in total. The van der Waals surface area contributed by atoms with E-state index in [0.29, 0.717) is 36.1 Å². The van der Waals surface area contributed by atoms with Gasteiger partial charge < -0.3 is 9.13 Å². The molecule has 6 rings (SSSR count). The van der Waals surface area contributed by atoms with Gasteiger partial charge in [-0.2, -0.15) is 21.0 Å². The van der Waals surface area contributed by atoms with Crippen LogP contribution in [0.2, 0.25) is 0 Å². The van der Waals surface area contributed by atoms with Crippen molar-refractivity contribution in [2.24, 2.45) is 0 Å². The number of unbranched alkanes of at least 4 members (excludes halogenated alkanes) is 6. The smallest absolute Gasteiger partial charge is 0.177 e. The van der Waals surface area contributed by atoms with E-state index in [9.17, 15) is 21.0 Å². The van der Waals surface area contributed by atoms with Crippen molar-refractivity contribution in [2.45, 2.75) is 92.2 Å². The topological polar surface area (TPSA) is 131 Å². The van der Waals surface area contributed by atoms with E-state index in [1.807, 2.05) is 33.4 Å². The van der Waals surface area contributed by atoms with Gasteiger partial charge in [-0.15, -0.1) is 0 Å². The zero-order valence-corrected chi connectivity index (χ0v) is 32.7. The van der Waals surface area contributed by atoms with Crippen molar-refractivity contribution in [1.29, 1.82) is 21.0 Å². The quantitative estimate of drug-likeness (QED) is 0.0965. The number of nitriles is 4. The third kappa shape index (κ3) is 7.88. The van der Waals surface area contributed by atoms with E-state index in [1.165, 1.54) is 0 Å². The van der Waals surface area contributed by atoms with Gasteiger partial charge in [-0.3, -0.25) is 0 Å². The molecule has 2 heterocycles. The Morgan fingerprint density at radius 2 is 0.911 bits per heavy atom.